The van der Waals surface area contributed by atoms with Crippen molar-refractivity contribution >= 4 is 84.6 Å². The van der Waals surface area contributed by atoms with Gasteiger partial charge in [0.25, 0.3) is 21.7 Å². The minimum absolute atomic E-state index is 0.0309. The molecule has 47 heteroatoms. The Morgan fingerprint density at radius 1 is 0.520 bits per heavy atom. The summed E-state index contributed by atoms with van der Waals surface area (Å²) in [5.41, 5.74) is 38.0. The number of nitrogens with two attached hydrogens (primary N) is 7. The van der Waals surface area contributed by atoms with E-state index in [0.29, 0.717) is 16.7 Å². The average molecular weight is 1380 g/mol. The Kier molecular flexibility index (Phi) is 36.1. The number of nitrogens with zero attached hydrogens (tertiary/aromatic N) is 2. The Bertz CT molecular complexity index is 3140. The number of nitrogens with one attached hydrogen (secondary N) is 4. The second-order valence-corrected chi connectivity index (χ2v) is 21.0. The summed E-state index contributed by atoms with van der Waals surface area (Å²) in [7, 11) is 2.86. The maximum absolute atomic E-state index is 10.4. The molecular formula is C51H76B6N13O28. The highest BCUT2D eigenvalue weighted by molar-refractivity contribution is 6.65. The number of hydrogen-bond acceptors (Lipinski definition) is 34. The average Bonchev–Trinajstić information content (AvgIpc) is 0.969. The van der Waals surface area contributed by atoms with Gasteiger partial charge in [-0.3, -0.25) is 33.6 Å². The number of allylic oxidation sites excluding steroid dienone is 6. The smallest absolute Gasteiger partial charge is 0.483 e. The SMILES string of the molecule is NC(CB1C=C(O)C(O)=CN1)C(=O)O.NC(CB1C=CC(O)=C(O)C1)C(=O)O.NC(CC1=CC(O)=C(O)N[B]1)C(=O)O.NC(CC1=CC(O)=C(O)[B]N1)C(=O)O.NC(CC1=CNB(O)C(O)=C1)C(=O)O.NC(CN1C=CC(O)=C(O)C1)C(=O)O.NC(CN1[B]C=C(O)C(O)=C1)C(=O)O. The highest BCUT2D eigenvalue weighted by Crippen LogP contribution is 2.20. The topological polar surface area (TPSA) is 781 Å². The van der Waals surface area contributed by atoms with E-state index in [2.05, 4.69) is 20.9 Å². The summed E-state index contributed by atoms with van der Waals surface area (Å²) in [4.78, 5) is 75.8. The fraction of sp³-hybridized carbons (Fsp3) is 0.314. The molecule has 0 aliphatic carbocycles. The van der Waals surface area contributed by atoms with E-state index < -0.39 is 91.1 Å². The predicted octanol–water partition coefficient (Wildman–Crippen LogP) is -4.51. The molecular weight excluding hydrogens is 1310 g/mol. The van der Waals surface area contributed by atoms with E-state index in [1.807, 2.05) is 0 Å². The van der Waals surface area contributed by atoms with E-state index >= 15 is 0 Å². The minimum Gasteiger partial charge on any atom is -0.517 e. The van der Waals surface area contributed by atoms with Crippen molar-refractivity contribution < 1.29 is 141 Å². The summed E-state index contributed by atoms with van der Waals surface area (Å²) in [5.74, 6) is -6.29. The molecule has 0 amide bonds. The number of aliphatic hydroxyl groups is 13. The molecule has 41 nitrogen and oxygen atoms in total. The van der Waals surface area contributed by atoms with Gasteiger partial charge in [-0.05, 0) is 73.9 Å². The van der Waals surface area contributed by atoms with Gasteiger partial charge in [0.1, 0.15) is 64.6 Å². The lowest BCUT2D eigenvalue weighted by atomic mass is 9.42. The van der Waals surface area contributed by atoms with Crippen LogP contribution in [0.4, 0.5) is 0 Å². The van der Waals surface area contributed by atoms with Crippen LogP contribution in [-0.4, -0.2) is 263 Å². The first-order valence-electron chi connectivity index (χ1n) is 28.1. The number of carbonyl (C=O) groups is 7. The van der Waals surface area contributed by atoms with Crippen molar-refractivity contribution in [2.75, 3.05) is 19.6 Å². The van der Waals surface area contributed by atoms with Crippen LogP contribution in [0.15, 0.2) is 165 Å². The highest BCUT2D eigenvalue weighted by atomic mass is 16.4. The molecule has 0 aromatic rings. The zero-order valence-corrected chi connectivity index (χ0v) is 51.5. The number of hydrogen-bond donors (Lipinski definition) is 32. The van der Waals surface area contributed by atoms with Crippen molar-refractivity contribution in [3.05, 3.63) is 165 Å². The molecule has 7 aliphatic heterocycles. The molecule has 0 spiro atoms. The van der Waals surface area contributed by atoms with Crippen LogP contribution in [-0.2, 0) is 33.6 Å². The zero-order valence-electron chi connectivity index (χ0n) is 51.5. The highest BCUT2D eigenvalue weighted by Gasteiger charge is 2.28. The summed E-state index contributed by atoms with van der Waals surface area (Å²) >= 11 is 0. The van der Waals surface area contributed by atoms with Crippen molar-refractivity contribution in [1.29, 1.82) is 0 Å². The number of carboxylic acid groups (broad SMARTS) is 7. The van der Waals surface area contributed by atoms with Crippen LogP contribution in [0.25, 0.3) is 0 Å². The summed E-state index contributed by atoms with van der Waals surface area (Å²) in [5, 5.41) is 197. The van der Waals surface area contributed by atoms with Crippen molar-refractivity contribution in [3.8, 4) is 0 Å². The molecule has 39 N–H and O–H groups in total. The summed E-state index contributed by atoms with van der Waals surface area (Å²) < 4.78 is 0. The van der Waals surface area contributed by atoms with E-state index in [0.717, 1.165) is 0 Å². The monoisotopic (exact) mass is 1380 g/mol. The van der Waals surface area contributed by atoms with Gasteiger partial charge in [0.05, 0.1) is 18.6 Å². The number of aliphatic hydroxyl groups excluding tert-OH is 13. The first kappa shape index (κ1) is 84.9. The molecule has 3 radical (unpaired) electrons. The Balaban J connectivity index is 0.000000572. The van der Waals surface area contributed by atoms with Crippen LogP contribution in [0, 0.1) is 0 Å². The number of rotatable bonds is 21. The molecule has 0 aromatic carbocycles. The molecule has 7 unspecified atom stereocenters. The molecule has 0 bridgehead atoms. The van der Waals surface area contributed by atoms with Crippen LogP contribution >= 0.6 is 0 Å². The predicted molar refractivity (Wildman–Crippen MR) is 350 cm³/mol. The van der Waals surface area contributed by atoms with Gasteiger partial charge in [-0.1, -0.05) is 11.4 Å². The fourth-order valence-corrected chi connectivity index (χ4v) is 7.40. The lowest BCUT2D eigenvalue weighted by molar-refractivity contribution is -0.139. The summed E-state index contributed by atoms with van der Waals surface area (Å²) in [6.07, 6.45) is 12.6. The van der Waals surface area contributed by atoms with Gasteiger partial charge in [-0.2, -0.15) is 0 Å². The second kappa shape index (κ2) is 41.7. The van der Waals surface area contributed by atoms with Gasteiger partial charge >= 0.3 is 56.3 Å². The normalized spacial score (nSPS) is 18.1. The van der Waals surface area contributed by atoms with Crippen LogP contribution in [0.2, 0.25) is 19.0 Å². The third-order valence-electron chi connectivity index (χ3n) is 12.8. The lowest BCUT2D eigenvalue weighted by Crippen LogP contribution is -2.42. The first-order valence-corrected chi connectivity index (χ1v) is 28.1. The van der Waals surface area contributed by atoms with Gasteiger partial charge in [0, 0.05) is 49.9 Å². The van der Waals surface area contributed by atoms with Crippen molar-refractivity contribution in [2.24, 2.45) is 40.1 Å². The summed E-state index contributed by atoms with van der Waals surface area (Å²) in [6, 6.07) is -7.04. The van der Waals surface area contributed by atoms with Crippen LogP contribution < -0.4 is 61.0 Å². The largest absolute Gasteiger partial charge is 0.517 e. The third kappa shape index (κ3) is 32.4. The lowest BCUT2D eigenvalue weighted by Gasteiger charge is -2.24. The van der Waals surface area contributed by atoms with E-state index in [9.17, 15) is 38.7 Å². The zero-order chi connectivity index (χ0) is 75.0. The van der Waals surface area contributed by atoms with Crippen molar-refractivity contribution in [1.82, 2.24) is 30.6 Å². The standard InChI is InChI=1S/C8H12BNO4.C8H12N2O4.C7H10BN2O4.2C7H11BN2O4.2C7H10BN2O4/c10-5(8(13)14)3-9-2-1-6(11)7(12)4-9;9-5(8(13)14)3-10-2-1-6(11)7(12)4-10;9-4(7(13)14)2-10-3-6(12)5(11)1-8-10;9-4(7(13)14)1-8-2-5(11)6(12)3-10-8;9-5(7(12)13)1-4-2-6(11)8(14)10-3-4;9-4(7(13)14)1-3-2-5(11)6(12)8-10-3;9-4(7(13)14)1-3-2-5(11)6(12)10-8-3/h1-2,5,11-12H,3-4,10H2,(H,13,14);1-2,5,11-12H,3-4,9H2,(H,13,14);1,3-4,11-12H,2,9H2,(H,13,14);2-4,10-12H,1,9H2,(H,13,14);2-3,5,10-11,14H,1,9H2,(H,12,13);2*2,4,10-12H,1,9H2,(H,13,14). The van der Waals surface area contributed by atoms with Gasteiger partial charge in [-0.25, -0.2) is 0 Å². The van der Waals surface area contributed by atoms with Gasteiger partial charge in [0.15, 0.2) is 41.3 Å². The van der Waals surface area contributed by atoms with Crippen molar-refractivity contribution in [2.45, 2.75) is 80.5 Å². The Labute approximate surface area is 559 Å². The molecule has 7 heterocycles. The molecule has 98 heavy (non-hydrogen) atoms. The Hall–Kier alpha value is -11.1. The Morgan fingerprint density at radius 3 is 1.55 bits per heavy atom. The quantitative estimate of drug-likeness (QED) is 0.0482. The first-order chi connectivity index (χ1) is 45.5. The van der Waals surface area contributed by atoms with Crippen LogP contribution in [0.1, 0.15) is 19.3 Å². The van der Waals surface area contributed by atoms with Crippen molar-refractivity contribution in [3.63, 3.8) is 0 Å². The molecule has 0 saturated carbocycles. The molecule has 7 atom stereocenters. The maximum atomic E-state index is 10.4. The van der Waals surface area contributed by atoms with E-state index in [-0.39, 0.29) is 146 Å². The number of aliphatic carboxylic acids is 7. The minimum atomic E-state index is -1.13. The third-order valence-corrected chi connectivity index (χ3v) is 12.8. The van der Waals surface area contributed by atoms with Gasteiger partial charge in [0.2, 0.25) is 5.88 Å². The van der Waals surface area contributed by atoms with Crippen LogP contribution in [0.3, 0.4) is 0 Å². The Morgan fingerprint density at radius 2 is 1.05 bits per heavy atom. The molecule has 7 aliphatic rings. The fourth-order valence-electron chi connectivity index (χ4n) is 7.40. The molecule has 0 fully saturated rings. The van der Waals surface area contributed by atoms with E-state index in [1.54, 1.807) is 5.98 Å². The molecule has 0 saturated heterocycles. The van der Waals surface area contributed by atoms with E-state index in [1.165, 1.54) is 99.1 Å². The molecule has 0 aromatic heterocycles. The second-order valence-electron chi connectivity index (χ2n) is 21.0. The summed E-state index contributed by atoms with van der Waals surface area (Å²) in [6.45, 7) is -0.315. The maximum Gasteiger partial charge on any atom is 0.483 e. The van der Waals surface area contributed by atoms with Gasteiger partial charge < -0.3 is 178 Å². The van der Waals surface area contributed by atoms with Gasteiger partial charge in [-0.15, -0.1) is 5.98 Å². The molecule has 7 rings (SSSR count). The number of carboxylic acids is 7. The molecule has 531 valence electrons. The van der Waals surface area contributed by atoms with Crippen LogP contribution in [0.5, 0.6) is 0 Å². The van der Waals surface area contributed by atoms with E-state index in [4.69, 9.17) is 142 Å².